The van der Waals surface area contributed by atoms with Gasteiger partial charge in [-0.05, 0) is 54.3 Å². The molecule has 244 valence electrons. The van der Waals surface area contributed by atoms with Gasteiger partial charge in [-0.2, -0.15) is 8.78 Å². The molecule has 0 radical (unpaired) electrons. The van der Waals surface area contributed by atoms with Gasteiger partial charge in [0.15, 0.2) is 5.69 Å². The number of halogens is 5. The fourth-order valence-corrected chi connectivity index (χ4v) is 4.24. The van der Waals surface area contributed by atoms with Gasteiger partial charge in [0.05, 0.1) is 6.20 Å². The summed E-state index contributed by atoms with van der Waals surface area (Å²) < 4.78 is 74.8. The molecule has 11 nitrogen and oxygen atoms in total. The topological polar surface area (TPSA) is 129 Å². The molecule has 0 aliphatic heterocycles. The Morgan fingerprint density at radius 1 is 0.826 bits per heavy atom. The molecule has 0 atom stereocenters. The molecular weight excluding hydrogens is 619 g/mol. The summed E-state index contributed by atoms with van der Waals surface area (Å²) in [7, 11) is 0. The zero-order chi connectivity index (χ0) is 33.3. The SMILES string of the molecule is CC(F)(F)Oc1cccc(CNC(=O)c2cn(CCCCn3ccc(C(=O)NCc4cccc(OC(F)(F)F)c4)cc3=O)nn2)c1. The molecule has 4 rings (SSSR count). The van der Waals surface area contributed by atoms with Crippen LogP contribution >= 0.6 is 0 Å². The van der Waals surface area contributed by atoms with Gasteiger partial charge in [0, 0.05) is 50.9 Å². The molecule has 0 saturated heterocycles. The van der Waals surface area contributed by atoms with Crippen LogP contribution in [-0.4, -0.2) is 43.8 Å². The number of pyridine rings is 1. The standard InChI is InChI=1S/C30H29F5N6O5/c1-29(31,32)45-23-8-4-6-20(14-23)18-37-28(44)25-19-41(39-38-25)12-3-2-11-40-13-10-22(16-26(40)42)27(43)36-17-21-7-5-9-24(15-21)46-30(33,34)35/h4-10,13-16,19H,2-3,11-12,17-18H2,1H3,(H,36,43)(H,37,44). The number of nitrogens with zero attached hydrogens (tertiary/aromatic N) is 4. The van der Waals surface area contributed by atoms with E-state index in [0.717, 1.165) is 12.1 Å². The highest BCUT2D eigenvalue weighted by Crippen LogP contribution is 2.24. The van der Waals surface area contributed by atoms with Crippen molar-refractivity contribution in [1.82, 2.24) is 30.2 Å². The summed E-state index contributed by atoms with van der Waals surface area (Å²) >= 11 is 0. The summed E-state index contributed by atoms with van der Waals surface area (Å²) in [5.74, 6) is -1.51. The van der Waals surface area contributed by atoms with E-state index in [1.54, 1.807) is 6.07 Å². The molecule has 2 aromatic heterocycles. The maximum absolute atomic E-state index is 13.1. The van der Waals surface area contributed by atoms with Gasteiger partial charge >= 0.3 is 12.5 Å². The molecule has 16 heteroatoms. The fourth-order valence-electron chi connectivity index (χ4n) is 4.24. The van der Waals surface area contributed by atoms with Gasteiger partial charge in [-0.3, -0.25) is 19.1 Å². The van der Waals surface area contributed by atoms with Crippen molar-refractivity contribution in [3.63, 3.8) is 0 Å². The van der Waals surface area contributed by atoms with Gasteiger partial charge in [-0.1, -0.05) is 29.5 Å². The van der Waals surface area contributed by atoms with Crippen molar-refractivity contribution in [1.29, 1.82) is 0 Å². The van der Waals surface area contributed by atoms with E-state index in [-0.39, 0.29) is 30.1 Å². The van der Waals surface area contributed by atoms with E-state index in [0.29, 0.717) is 44.0 Å². The average molecular weight is 649 g/mol. The first-order valence-electron chi connectivity index (χ1n) is 13.9. The van der Waals surface area contributed by atoms with Crippen molar-refractivity contribution < 1.29 is 41.0 Å². The summed E-state index contributed by atoms with van der Waals surface area (Å²) in [6, 6.07) is 13.8. The molecule has 4 aromatic rings. The van der Waals surface area contributed by atoms with E-state index < -0.39 is 35.6 Å². The van der Waals surface area contributed by atoms with Crippen LogP contribution < -0.4 is 25.7 Å². The van der Waals surface area contributed by atoms with E-state index >= 15 is 0 Å². The lowest BCUT2D eigenvalue weighted by molar-refractivity contribution is -0.274. The van der Waals surface area contributed by atoms with Crippen LogP contribution in [0.15, 0.2) is 77.9 Å². The van der Waals surface area contributed by atoms with Crippen molar-refractivity contribution in [2.45, 2.75) is 58.4 Å². The summed E-state index contributed by atoms with van der Waals surface area (Å²) in [6.07, 6.45) is -4.07. The molecule has 0 saturated carbocycles. The monoisotopic (exact) mass is 648 g/mol. The minimum atomic E-state index is -4.83. The number of carbonyl (C=O) groups excluding carboxylic acids is 2. The first-order chi connectivity index (χ1) is 21.7. The lowest BCUT2D eigenvalue weighted by Crippen LogP contribution is -2.26. The quantitative estimate of drug-likeness (QED) is 0.150. The zero-order valence-electron chi connectivity index (χ0n) is 24.4. The number of hydrogen-bond donors (Lipinski definition) is 2. The van der Waals surface area contributed by atoms with Crippen LogP contribution in [0.3, 0.4) is 0 Å². The first kappa shape index (κ1) is 33.6. The average Bonchev–Trinajstić information content (AvgIpc) is 3.45. The second kappa shape index (κ2) is 14.7. The number of nitrogens with one attached hydrogen (secondary N) is 2. The Balaban J connectivity index is 1.19. The number of hydrogen-bond acceptors (Lipinski definition) is 7. The Bertz CT molecular complexity index is 1720. The number of amides is 2. The van der Waals surface area contributed by atoms with Crippen molar-refractivity contribution >= 4 is 11.8 Å². The smallest absolute Gasteiger partial charge is 0.433 e. The van der Waals surface area contributed by atoms with Gasteiger partial charge in [0.25, 0.3) is 17.4 Å². The van der Waals surface area contributed by atoms with Crippen molar-refractivity contribution in [2.24, 2.45) is 0 Å². The number of unbranched alkanes of at least 4 members (excludes halogenated alkanes) is 1. The second-order valence-corrected chi connectivity index (χ2v) is 10.1. The number of carbonyl (C=O) groups is 2. The third-order valence-electron chi connectivity index (χ3n) is 6.30. The number of rotatable bonds is 14. The molecule has 2 amide bonds. The number of alkyl halides is 5. The van der Waals surface area contributed by atoms with Gasteiger partial charge in [-0.25, -0.2) is 0 Å². The Morgan fingerprint density at radius 3 is 2.04 bits per heavy atom. The van der Waals surface area contributed by atoms with E-state index in [2.05, 4.69) is 30.4 Å². The van der Waals surface area contributed by atoms with E-state index in [1.165, 1.54) is 64.1 Å². The first-order valence-corrected chi connectivity index (χ1v) is 13.9. The number of aryl methyl sites for hydroxylation is 2. The van der Waals surface area contributed by atoms with Crippen LogP contribution in [-0.2, 0) is 26.2 Å². The maximum Gasteiger partial charge on any atom is 0.573 e. The van der Waals surface area contributed by atoms with Gasteiger partial charge in [-0.15, -0.1) is 18.3 Å². The van der Waals surface area contributed by atoms with Crippen LogP contribution in [0.5, 0.6) is 11.5 Å². The molecular formula is C30H29F5N6O5. The maximum atomic E-state index is 13.1. The van der Waals surface area contributed by atoms with E-state index in [9.17, 15) is 36.3 Å². The molecule has 0 unspecified atom stereocenters. The van der Waals surface area contributed by atoms with Gasteiger partial charge in [0.2, 0.25) is 0 Å². The predicted octanol–water partition coefficient (Wildman–Crippen LogP) is 4.67. The van der Waals surface area contributed by atoms with E-state index in [4.69, 9.17) is 0 Å². The highest BCUT2D eigenvalue weighted by molar-refractivity contribution is 5.94. The molecule has 0 aliphatic rings. The molecule has 0 fully saturated rings. The van der Waals surface area contributed by atoms with Crippen LogP contribution in [0.25, 0.3) is 0 Å². The molecule has 2 N–H and O–H groups in total. The van der Waals surface area contributed by atoms with E-state index in [1.807, 2.05) is 0 Å². The van der Waals surface area contributed by atoms with Crippen LogP contribution in [0.4, 0.5) is 22.0 Å². The molecule has 46 heavy (non-hydrogen) atoms. The minimum absolute atomic E-state index is 0.0321. The van der Waals surface area contributed by atoms with Gasteiger partial charge in [0.1, 0.15) is 11.5 Å². The zero-order valence-corrected chi connectivity index (χ0v) is 24.4. The number of ether oxygens (including phenoxy) is 2. The third kappa shape index (κ3) is 10.7. The Morgan fingerprint density at radius 2 is 1.43 bits per heavy atom. The number of aromatic nitrogens is 4. The largest absolute Gasteiger partial charge is 0.573 e. The van der Waals surface area contributed by atoms with Gasteiger partial charge < -0.3 is 24.7 Å². The summed E-state index contributed by atoms with van der Waals surface area (Å²) in [5.41, 5.74) is 0.689. The minimum Gasteiger partial charge on any atom is -0.433 e. The van der Waals surface area contributed by atoms with Crippen molar-refractivity contribution in [3.05, 3.63) is 106 Å². The molecule has 2 aromatic carbocycles. The van der Waals surface area contributed by atoms with Crippen molar-refractivity contribution in [2.75, 3.05) is 0 Å². The second-order valence-electron chi connectivity index (χ2n) is 10.1. The summed E-state index contributed by atoms with van der Waals surface area (Å²) in [6.45, 7) is 1.37. The molecule has 2 heterocycles. The van der Waals surface area contributed by atoms with Crippen LogP contribution in [0.2, 0.25) is 0 Å². The molecule has 0 spiro atoms. The van der Waals surface area contributed by atoms with Crippen LogP contribution in [0.1, 0.15) is 51.7 Å². The normalized spacial score (nSPS) is 11.6. The number of benzene rings is 2. The summed E-state index contributed by atoms with van der Waals surface area (Å²) in [5, 5.41) is 13.0. The Labute approximate surface area is 258 Å². The molecule has 0 aliphatic carbocycles. The third-order valence-corrected chi connectivity index (χ3v) is 6.30. The lowest BCUT2D eigenvalue weighted by atomic mass is 10.2. The molecule has 0 bridgehead atoms. The van der Waals surface area contributed by atoms with Crippen LogP contribution in [0, 0.1) is 0 Å². The predicted molar refractivity (Wildman–Crippen MR) is 153 cm³/mol. The highest BCUT2D eigenvalue weighted by Gasteiger charge is 2.31. The highest BCUT2D eigenvalue weighted by atomic mass is 19.4. The fraction of sp³-hybridized carbons (Fsp3) is 0.300. The van der Waals surface area contributed by atoms with Crippen molar-refractivity contribution in [3.8, 4) is 11.5 Å². The Hall–Kier alpha value is -5.28. The lowest BCUT2D eigenvalue weighted by Gasteiger charge is -2.13. The summed E-state index contributed by atoms with van der Waals surface area (Å²) in [4.78, 5) is 37.5. The Kier molecular flexibility index (Phi) is 10.7.